The van der Waals surface area contributed by atoms with Gasteiger partial charge in [0.1, 0.15) is 11.8 Å². The van der Waals surface area contributed by atoms with Crippen molar-refractivity contribution in [1.29, 1.82) is 0 Å². The van der Waals surface area contributed by atoms with Gasteiger partial charge < -0.3 is 11.1 Å². The largest absolute Gasteiger partial charge is 0.368 e. The zero-order valence-corrected chi connectivity index (χ0v) is 15.9. The van der Waals surface area contributed by atoms with Crippen LogP contribution in [-0.2, 0) is 9.59 Å². The molecule has 3 N–H and O–H groups in total. The van der Waals surface area contributed by atoms with Gasteiger partial charge in [-0.25, -0.2) is 0 Å². The maximum absolute atomic E-state index is 12.8. The molecule has 0 aromatic heterocycles. The molecule has 1 unspecified atom stereocenters. The number of anilines is 2. The lowest BCUT2D eigenvalue weighted by atomic mass is 10.1. The number of nitrogens with two attached hydrogens (primary N) is 1. The molecule has 146 valence electrons. The minimum absolute atomic E-state index is 0.00600. The summed E-state index contributed by atoms with van der Waals surface area (Å²) in [5.74, 6) is -3.96. The Hall–Kier alpha value is -2.65. The van der Waals surface area contributed by atoms with Crippen molar-refractivity contribution in [3.05, 3.63) is 53.6 Å². The molecular weight excluding hydrogens is 410 g/mol. The smallest absolute Gasteiger partial charge is 0.289 e. The summed E-state index contributed by atoms with van der Waals surface area (Å²) in [4.78, 5) is 24.5. The number of hydrazone groups is 1. The molecule has 1 aliphatic rings. The molecule has 6 nitrogen and oxygen atoms in total. The molecule has 1 heterocycles. The van der Waals surface area contributed by atoms with Gasteiger partial charge in [0.15, 0.2) is 0 Å². The van der Waals surface area contributed by atoms with Crippen molar-refractivity contribution < 1.29 is 18.4 Å². The van der Waals surface area contributed by atoms with Crippen LogP contribution in [0.5, 0.6) is 0 Å². The molecule has 0 fully saturated rings. The van der Waals surface area contributed by atoms with Crippen LogP contribution >= 0.6 is 23.4 Å². The van der Waals surface area contributed by atoms with Crippen LogP contribution in [0.25, 0.3) is 0 Å². The van der Waals surface area contributed by atoms with E-state index in [-0.39, 0.29) is 39.5 Å². The first-order chi connectivity index (χ1) is 13.4. The summed E-state index contributed by atoms with van der Waals surface area (Å²) in [7, 11) is 0. The lowest BCUT2D eigenvalue weighted by Crippen LogP contribution is -2.39. The maximum atomic E-state index is 12.8. The zero-order chi connectivity index (χ0) is 20.3. The number of primary amides is 1. The normalized spacial score (nSPS) is 16.2. The first-order valence-corrected chi connectivity index (χ1v) is 9.38. The predicted molar refractivity (Wildman–Crippen MR) is 106 cm³/mol. The predicted octanol–water partition coefficient (Wildman–Crippen LogP) is 3.71. The van der Waals surface area contributed by atoms with E-state index in [0.29, 0.717) is 5.69 Å². The number of carbonyl (C=O) groups is 2. The number of para-hydroxylation sites is 1. The van der Waals surface area contributed by atoms with Gasteiger partial charge in [0, 0.05) is 6.42 Å². The number of rotatable bonds is 6. The Morgan fingerprint density at radius 1 is 1.21 bits per heavy atom. The molecule has 0 saturated carbocycles. The van der Waals surface area contributed by atoms with Crippen molar-refractivity contribution >= 4 is 52.3 Å². The van der Waals surface area contributed by atoms with E-state index in [0.717, 1.165) is 0 Å². The molecule has 2 aromatic carbocycles. The van der Waals surface area contributed by atoms with Gasteiger partial charge in [-0.15, -0.1) is 0 Å². The number of thioether (sulfide) groups is 1. The summed E-state index contributed by atoms with van der Waals surface area (Å²) in [6, 6.07) is 12.4. The van der Waals surface area contributed by atoms with Crippen LogP contribution < -0.4 is 16.1 Å². The molecule has 2 amide bonds. The van der Waals surface area contributed by atoms with E-state index < -0.39 is 23.6 Å². The standard InChI is InChI=1S/C18H15ClF2N4O2S/c19-11-7-4-8-12(15(11)28-18(20)21)23-17(27)13-9-14(16(22)26)25(24-13)10-5-2-1-3-6-10/h1-8,14,18H,9H2,(H2,22,26)(H,23,27). The first-order valence-electron chi connectivity index (χ1n) is 8.12. The lowest BCUT2D eigenvalue weighted by molar-refractivity contribution is -0.119. The number of nitrogens with one attached hydrogen (secondary N) is 1. The molecule has 0 spiro atoms. The van der Waals surface area contributed by atoms with E-state index in [2.05, 4.69) is 10.4 Å². The second kappa shape index (κ2) is 8.57. The highest BCUT2D eigenvalue weighted by atomic mass is 35.5. The summed E-state index contributed by atoms with van der Waals surface area (Å²) in [5, 5.41) is 8.24. The summed E-state index contributed by atoms with van der Waals surface area (Å²) in [5.41, 5.74) is 6.25. The second-order valence-corrected chi connectivity index (χ2v) is 7.21. The first kappa shape index (κ1) is 20.1. The number of hydrogen-bond acceptors (Lipinski definition) is 5. The molecule has 1 aliphatic heterocycles. The van der Waals surface area contributed by atoms with Gasteiger partial charge in [0.05, 0.1) is 21.3 Å². The zero-order valence-electron chi connectivity index (χ0n) is 14.3. The number of carbonyl (C=O) groups excluding carboxylic acids is 2. The Morgan fingerprint density at radius 3 is 2.57 bits per heavy atom. The van der Waals surface area contributed by atoms with E-state index in [9.17, 15) is 18.4 Å². The van der Waals surface area contributed by atoms with Gasteiger partial charge in [-0.3, -0.25) is 14.6 Å². The number of hydrogen-bond donors (Lipinski definition) is 2. The average Bonchev–Trinajstić information content (AvgIpc) is 3.11. The van der Waals surface area contributed by atoms with Crippen molar-refractivity contribution in [2.75, 3.05) is 10.3 Å². The monoisotopic (exact) mass is 424 g/mol. The van der Waals surface area contributed by atoms with Gasteiger partial charge >= 0.3 is 0 Å². The fourth-order valence-corrected chi connectivity index (χ4v) is 3.61. The molecule has 0 saturated heterocycles. The third-order valence-corrected chi connectivity index (χ3v) is 5.22. The van der Waals surface area contributed by atoms with E-state index in [1.807, 2.05) is 0 Å². The number of halogens is 3. The number of amides is 2. The SMILES string of the molecule is NC(=O)C1CC(C(=O)Nc2cccc(Cl)c2SC(F)F)=NN1c1ccccc1. The highest BCUT2D eigenvalue weighted by Gasteiger charge is 2.35. The molecule has 3 rings (SSSR count). The van der Waals surface area contributed by atoms with E-state index in [1.54, 1.807) is 30.3 Å². The molecule has 28 heavy (non-hydrogen) atoms. The molecule has 1 atom stereocenters. The summed E-state index contributed by atoms with van der Waals surface area (Å²) >= 11 is 6.21. The third kappa shape index (κ3) is 4.42. The van der Waals surface area contributed by atoms with Crippen LogP contribution in [0.4, 0.5) is 20.2 Å². The van der Waals surface area contributed by atoms with Crippen LogP contribution in [0.1, 0.15) is 6.42 Å². The fourth-order valence-electron chi connectivity index (χ4n) is 2.70. The Balaban J connectivity index is 1.85. The van der Waals surface area contributed by atoms with E-state index >= 15 is 0 Å². The molecule has 0 bridgehead atoms. The Morgan fingerprint density at radius 2 is 1.93 bits per heavy atom. The number of alkyl halides is 2. The summed E-state index contributed by atoms with van der Waals surface area (Å²) < 4.78 is 25.6. The summed E-state index contributed by atoms with van der Waals surface area (Å²) in [6.07, 6.45) is -0.00600. The van der Waals surface area contributed by atoms with Crippen LogP contribution in [0.2, 0.25) is 5.02 Å². The minimum Gasteiger partial charge on any atom is -0.368 e. The van der Waals surface area contributed by atoms with Crippen molar-refractivity contribution in [3.63, 3.8) is 0 Å². The Bertz CT molecular complexity index is 927. The van der Waals surface area contributed by atoms with E-state index in [1.165, 1.54) is 23.2 Å². The minimum atomic E-state index is -2.70. The Kier molecular flexibility index (Phi) is 6.15. The van der Waals surface area contributed by atoms with Crippen molar-refractivity contribution in [2.24, 2.45) is 10.8 Å². The fraction of sp³-hybridized carbons (Fsp3) is 0.167. The van der Waals surface area contributed by atoms with Crippen molar-refractivity contribution in [2.45, 2.75) is 23.1 Å². The third-order valence-electron chi connectivity index (χ3n) is 3.94. The van der Waals surface area contributed by atoms with Crippen LogP contribution in [0.15, 0.2) is 58.5 Å². The van der Waals surface area contributed by atoms with Gasteiger partial charge in [0.2, 0.25) is 5.91 Å². The average molecular weight is 425 g/mol. The Labute approximate surface area is 168 Å². The van der Waals surface area contributed by atoms with Gasteiger partial charge in [-0.05, 0) is 24.3 Å². The number of nitrogens with zero attached hydrogens (tertiary/aromatic N) is 2. The molecule has 2 aromatic rings. The molecule has 10 heteroatoms. The topological polar surface area (TPSA) is 87.8 Å². The highest BCUT2D eigenvalue weighted by Crippen LogP contribution is 2.37. The molecule has 0 aliphatic carbocycles. The summed E-state index contributed by atoms with van der Waals surface area (Å²) in [6.45, 7) is 0. The van der Waals surface area contributed by atoms with E-state index in [4.69, 9.17) is 17.3 Å². The van der Waals surface area contributed by atoms with Crippen LogP contribution in [0, 0.1) is 0 Å². The van der Waals surface area contributed by atoms with Crippen LogP contribution in [0.3, 0.4) is 0 Å². The van der Waals surface area contributed by atoms with Crippen molar-refractivity contribution in [1.82, 2.24) is 0 Å². The van der Waals surface area contributed by atoms with Gasteiger partial charge in [0.25, 0.3) is 11.7 Å². The molecule has 0 radical (unpaired) electrons. The van der Waals surface area contributed by atoms with Gasteiger partial charge in [-0.2, -0.15) is 13.9 Å². The second-order valence-electron chi connectivity index (χ2n) is 5.80. The lowest BCUT2D eigenvalue weighted by Gasteiger charge is -2.20. The number of benzene rings is 2. The van der Waals surface area contributed by atoms with Crippen molar-refractivity contribution in [3.8, 4) is 0 Å². The quantitative estimate of drug-likeness (QED) is 0.692. The van der Waals surface area contributed by atoms with Gasteiger partial charge in [-0.1, -0.05) is 47.6 Å². The highest BCUT2D eigenvalue weighted by molar-refractivity contribution is 7.99. The maximum Gasteiger partial charge on any atom is 0.289 e. The van der Waals surface area contributed by atoms with Crippen LogP contribution in [-0.4, -0.2) is 29.3 Å². The molecular formula is C18H15ClF2N4O2S.